The van der Waals surface area contributed by atoms with E-state index < -0.39 is 6.03 Å². The number of methoxy groups -OCH3 is 1. The number of amides is 3. The molecular weight excluding hydrogens is 398 g/mol. The molecule has 4 rings (SSSR count). The molecular formula is C22H31N5O4. The Bertz CT molecular complexity index is 943. The molecule has 0 spiro atoms. The minimum Gasteiger partial charge on any atom is -0.383 e. The van der Waals surface area contributed by atoms with Gasteiger partial charge in [-0.1, -0.05) is 25.1 Å². The smallest absolute Gasteiger partial charge is 0.329 e. The molecule has 0 bridgehead atoms. The van der Waals surface area contributed by atoms with E-state index in [1.807, 2.05) is 18.2 Å². The lowest BCUT2D eigenvalue weighted by atomic mass is 10.1. The summed E-state index contributed by atoms with van der Waals surface area (Å²) < 4.78 is 10.9. The minimum atomic E-state index is -0.458. The van der Waals surface area contributed by atoms with Gasteiger partial charge in [-0.25, -0.2) is 4.79 Å². The van der Waals surface area contributed by atoms with Crippen LogP contribution < -0.4 is 10.2 Å². The number of carbonyl (C=O) groups is 2. The van der Waals surface area contributed by atoms with E-state index in [2.05, 4.69) is 34.1 Å². The van der Waals surface area contributed by atoms with Crippen LogP contribution in [0, 0.1) is 5.92 Å². The number of rotatable bonds is 7. The highest BCUT2D eigenvalue weighted by Gasteiger charge is 2.29. The number of nitrogens with one attached hydrogen (secondary N) is 1. The van der Waals surface area contributed by atoms with E-state index in [1.165, 1.54) is 4.90 Å². The van der Waals surface area contributed by atoms with Crippen LogP contribution in [0.1, 0.15) is 25.8 Å². The van der Waals surface area contributed by atoms with E-state index in [1.54, 1.807) is 7.11 Å². The standard InChI is InChI=1S/C22H31N5O4/c1-15(2)11-26-9-8-25(13-17(26)14-30-3)12-16-4-5-19-18(10-16)21(24-31-19)27-7-6-20(28)23-22(27)29/h4-5,10,15,17H,6-9,11-14H2,1-3H3,(H,23,28,29)/t17-/m1/s1. The first kappa shape index (κ1) is 21.7. The molecule has 1 aromatic carbocycles. The number of imide groups is 1. The van der Waals surface area contributed by atoms with Crippen LogP contribution in [-0.2, 0) is 16.1 Å². The van der Waals surface area contributed by atoms with Crippen molar-refractivity contribution >= 4 is 28.7 Å². The molecule has 0 aliphatic carbocycles. The first-order valence-electron chi connectivity index (χ1n) is 10.9. The van der Waals surface area contributed by atoms with Gasteiger partial charge in [-0.3, -0.25) is 24.8 Å². The number of piperazine rings is 1. The van der Waals surface area contributed by atoms with Gasteiger partial charge < -0.3 is 9.26 Å². The Morgan fingerprint density at radius 1 is 1.26 bits per heavy atom. The molecule has 2 aromatic rings. The van der Waals surface area contributed by atoms with E-state index in [4.69, 9.17) is 9.26 Å². The summed E-state index contributed by atoms with van der Waals surface area (Å²) in [6.07, 6.45) is 0.251. The molecule has 0 saturated carbocycles. The highest BCUT2D eigenvalue weighted by Crippen LogP contribution is 2.29. The molecule has 3 heterocycles. The summed E-state index contributed by atoms with van der Waals surface area (Å²) in [5, 5.41) is 7.22. The molecule has 0 unspecified atom stereocenters. The number of benzene rings is 1. The van der Waals surface area contributed by atoms with Gasteiger partial charge in [0, 0.05) is 58.8 Å². The van der Waals surface area contributed by atoms with Gasteiger partial charge >= 0.3 is 6.03 Å². The fourth-order valence-electron chi connectivity index (χ4n) is 4.45. The van der Waals surface area contributed by atoms with Gasteiger partial charge in [0.1, 0.15) is 0 Å². The van der Waals surface area contributed by atoms with Crippen LogP contribution in [0.25, 0.3) is 11.0 Å². The van der Waals surface area contributed by atoms with Crippen LogP contribution in [-0.4, -0.2) is 79.4 Å². The van der Waals surface area contributed by atoms with Gasteiger partial charge in [0.2, 0.25) is 5.91 Å². The van der Waals surface area contributed by atoms with Crippen molar-refractivity contribution < 1.29 is 18.8 Å². The second kappa shape index (κ2) is 9.33. The molecule has 1 aromatic heterocycles. The lowest BCUT2D eigenvalue weighted by Crippen LogP contribution is -2.55. The van der Waals surface area contributed by atoms with E-state index in [0.29, 0.717) is 29.9 Å². The maximum atomic E-state index is 12.2. The Hall–Kier alpha value is -2.49. The van der Waals surface area contributed by atoms with E-state index >= 15 is 0 Å². The molecule has 1 N–H and O–H groups in total. The Morgan fingerprint density at radius 3 is 2.84 bits per heavy atom. The average molecular weight is 430 g/mol. The van der Waals surface area contributed by atoms with Crippen molar-refractivity contribution in [1.29, 1.82) is 0 Å². The summed E-state index contributed by atoms with van der Waals surface area (Å²) in [7, 11) is 1.76. The zero-order valence-corrected chi connectivity index (χ0v) is 18.5. The molecule has 2 fully saturated rings. The van der Waals surface area contributed by atoms with Crippen molar-refractivity contribution in [3.05, 3.63) is 23.8 Å². The van der Waals surface area contributed by atoms with Crippen molar-refractivity contribution in [3.8, 4) is 0 Å². The number of carbonyl (C=O) groups excluding carboxylic acids is 2. The molecule has 3 amide bonds. The predicted molar refractivity (Wildman–Crippen MR) is 117 cm³/mol. The normalized spacial score (nSPS) is 21.3. The van der Waals surface area contributed by atoms with Gasteiger partial charge in [-0.05, 0) is 23.6 Å². The Labute approximate surface area is 182 Å². The Morgan fingerprint density at radius 2 is 2.10 bits per heavy atom. The number of anilines is 1. The fourth-order valence-corrected chi connectivity index (χ4v) is 4.45. The van der Waals surface area contributed by atoms with Gasteiger partial charge in [0.15, 0.2) is 11.4 Å². The molecule has 2 aliphatic heterocycles. The van der Waals surface area contributed by atoms with Gasteiger partial charge in [-0.15, -0.1) is 0 Å². The third kappa shape index (κ3) is 4.89. The monoisotopic (exact) mass is 429 g/mol. The highest BCUT2D eigenvalue weighted by molar-refractivity contribution is 6.08. The number of urea groups is 1. The van der Waals surface area contributed by atoms with Gasteiger partial charge in [-0.2, -0.15) is 0 Å². The van der Waals surface area contributed by atoms with Crippen LogP contribution in [0.2, 0.25) is 0 Å². The van der Waals surface area contributed by atoms with Crippen LogP contribution in [0.3, 0.4) is 0 Å². The zero-order valence-electron chi connectivity index (χ0n) is 18.5. The lowest BCUT2D eigenvalue weighted by molar-refractivity contribution is -0.120. The molecule has 0 radical (unpaired) electrons. The largest absolute Gasteiger partial charge is 0.383 e. The van der Waals surface area contributed by atoms with Gasteiger partial charge in [0.25, 0.3) is 0 Å². The van der Waals surface area contributed by atoms with Crippen molar-refractivity contribution in [1.82, 2.24) is 20.3 Å². The number of hydrogen-bond donors (Lipinski definition) is 1. The molecule has 9 heteroatoms. The number of ether oxygens (including phenoxy) is 1. The molecule has 1 atom stereocenters. The predicted octanol–water partition coefficient (Wildman–Crippen LogP) is 2.06. The van der Waals surface area contributed by atoms with Crippen molar-refractivity contribution in [3.63, 3.8) is 0 Å². The van der Waals surface area contributed by atoms with Crippen LogP contribution >= 0.6 is 0 Å². The zero-order chi connectivity index (χ0) is 22.0. The summed E-state index contributed by atoms with van der Waals surface area (Å²) in [6.45, 7) is 10.4. The Balaban J connectivity index is 1.49. The molecule has 31 heavy (non-hydrogen) atoms. The fraction of sp³-hybridized carbons (Fsp3) is 0.591. The molecule has 2 saturated heterocycles. The number of hydrogen-bond acceptors (Lipinski definition) is 7. The molecule has 2 aliphatic rings. The lowest BCUT2D eigenvalue weighted by Gasteiger charge is -2.42. The summed E-state index contributed by atoms with van der Waals surface area (Å²) in [5.41, 5.74) is 1.77. The first-order valence-corrected chi connectivity index (χ1v) is 10.9. The highest BCUT2D eigenvalue weighted by atomic mass is 16.5. The van der Waals surface area contributed by atoms with Crippen molar-refractivity contribution in [2.24, 2.45) is 5.92 Å². The van der Waals surface area contributed by atoms with E-state index in [0.717, 1.165) is 50.3 Å². The third-order valence-corrected chi connectivity index (χ3v) is 5.88. The number of nitrogens with zero attached hydrogens (tertiary/aromatic N) is 4. The second-order valence-corrected chi connectivity index (χ2v) is 8.82. The number of aromatic nitrogens is 1. The minimum absolute atomic E-state index is 0.251. The first-order chi connectivity index (χ1) is 14.9. The summed E-state index contributed by atoms with van der Waals surface area (Å²) >= 11 is 0. The maximum absolute atomic E-state index is 12.2. The Kier molecular flexibility index (Phi) is 6.54. The summed E-state index contributed by atoms with van der Waals surface area (Å²) in [4.78, 5) is 30.1. The second-order valence-electron chi connectivity index (χ2n) is 8.82. The third-order valence-electron chi connectivity index (χ3n) is 5.88. The maximum Gasteiger partial charge on any atom is 0.329 e. The average Bonchev–Trinajstić information content (AvgIpc) is 3.13. The summed E-state index contributed by atoms with van der Waals surface area (Å²) in [5.74, 6) is 0.820. The van der Waals surface area contributed by atoms with E-state index in [-0.39, 0.29) is 12.3 Å². The van der Waals surface area contributed by atoms with Crippen molar-refractivity contribution in [2.45, 2.75) is 32.9 Å². The van der Waals surface area contributed by atoms with Gasteiger partial charge in [0.05, 0.1) is 12.0 Å². The van der Waals surface area contributed by atoms with Crippen molar-refractivity contribution in [2.75, 3.05) is 51.3 Å². The van der Waals surface area contributed by atoms with Crippen LogP contribution in [0.15, 0.2) is 22.7 Å². The molecule has 9 nitrogen and oxygen atoms in total. The quantitative estimate of drug-likeness (QED) is 0.720. The van der Waals surface area contributed by atoms with Crippen LogP contribution in [0.5, 0.6) is 0 Å². The topological polar surface area (TPSA) is 91.1 Å². The summed E-state index contributed by atoms with van der Waals surface area (Å²) in [6, 6.07) is 5.90. The van der Waals surface area contributed by atoms with E-state index in [9.17, 15) is 9.59 Å². The number of fused-ring (bicyclic) bond motifs is 1. The molecule has 168 valence electrons. The SMILES string of the molecule is COC[C@H]1CN(Cc2ccc3onc(N4CCC(=O)NC4=O)c3c2)CCN1CC(C)C. The van der Waals surface area contributed by atoms with Crippen LogP contribution in [0.4, 0.5) is 10.6 Å².